The van der Waals surface area contributed by atoms with Gasteiger partial charge in [-0.25, -0.2) is 4.99 Å². The van der Waals surface area contributed by atoms with Crippen molar-refractivity contribution in [1.82, 2.24) is 4.57 Å². The first-order valence-corrected chi connectivity index (χ1v) is 14.7. The zero-order valence-corrected chi connectivity index (χ0v) is 25.1. The molecule has 0 saturated carbocycles. The van der Waals surface area contributed by atoms with Gasteiger partial charge in [-0.15, -0.1) is 0 Å². The van der Waals surface area contributed by atoms with Gasteiger partial charge in [0.05, 0.1) is 35.4 Å². The van der Waals surface area contributed by atoms with Gasteiger partial charge in [0.25, 0.3) is 11.2 Å². The van der Waals surface area contributed by atoms with Crippen LogP contribution in [0.15, 0.2) is 76.0 Å². The molecule has 1 atom stereocenters. The lowest BCUT2D eigenvalue weighted by molar-refractivity contribution is -0.384. The fourth-order valence-electron chi connectivity index (χ4n) is 5.14. The maximum Gasteiger partial charge on any atom is 0.271 e. The number of nitrogens with zero attached hydrogens (tertiary/aromatic N) is 3. The van der Waals surface area contributed by atoms with E-state index < -0.39 is 11.0 Å². The number of halogens is 2. The standard InChI is InChI=1S/C28H19I2N3O4S/c1-37-26-21(29)11-15(12-22(26)30)13-23-27(34)32-25(17-6-4-7-18(14-17)33(35)36)20-10-9-16-5-2-3-8-19(16)24(20)31-28(32)38-23/h2-8,11-14,25H,9-10H2,1H3/b23-13+/t25-/m0/s1. The summed E-state index contributed by atoms with van der Waals surface area (Å²) < 4.78 is 9.66. The molecule has 2 heterocycles. The van der Waals surface area contributed by atoms with Gasteiger partial charge < -0.3 is 4.74 Å². The molecule has 0 amide bonds. The Kier molecular flexibility index (Phi) is 6.72. The third kappa shape index (κ3) is 4.31. The van der Waals surface area contributed by atoms with E-state index in [4.69, 9.17) is 9.73 Å². The number of fused-ring (bicyclic) bond motifs is 3. The van der Waals surface area contributed by atoms with Crippen molar-refractivity contribution in [2.75, 3.05) is 7.11 Å². The monoisotopic (exact) mass is 747 g/mol. The topological polar surface area (TPSA) is 86.7 Å². The third-order valence-electron chi connectivity index (χ3n) is 6.79. The molecule has 3 aromatic carbocycles. The van der Waals surface area contributed by atoms with Crippen LogP contribution >= 0.6 is 56.5 Å². The van der Waals surface area contributed by atoms with Crippen LogP contribution in [-0.2, 0) is 6.42 Å². The lowest BCUT2D eigenvalue weighted by Gasteiger charge is -2.30. The number of aryl methyl sites for hydroxylation is 1. The van der Waals surface area contributed by atoms with Gasteiger partial charge in [0.2, 0.25) is 0 Å². The predicted molar refractivity (Wildman–Crippen MR) is 164 cm³/mol. The van der Waals surface area contributed by atoms with Crippen LogP contribution in [0.3, 0.4) is 0 Å². The van der Waals surface area contributed by atoms with Crippen LogP contribution < -0.4 is 19.6 Å². The minimum absolute atomic E-state index is 0.00219. The Bertz CT molecular complexity index is 1840. The van der Waals surface area contributed by atoms with Crippen molar-refractivity contribution >= 4 is 74.0 Å². The minimum atomic E-state index is -0.465. The Labute approximate surface area is 248 Å². The van der Waals surface area contributed by atoms with E-state index in [1.807, 2.05) is 36.4 Å². The summed E-state index contributed by atoms with van der Waals surface area (Å²) in [4.78, 5) is 30.7. The number of nitro groups is 1. The van der Waals surface area contributed by atoms with Crippen LogP contribution in [0.1, 0.15) is 34.7 Å². The summed E-state index contributed by atoms with van der Waals surface area (Å²) in [5.41, 5.74) is 5.60. The molecule has 0 radical (unpaired) electrons. The summed E-state index contributed by atoms with van der Waals surface area (Å²) in [6.07, 6.45) is 3.43. The largest absolute Gasteiger partial charge is 0.495 e. The first kappa shape index (κ1) is 25.4. The van der Waals surface area contributed by atoms with Crippen molar-refractivity contribution in [1.29, 1.82) is 0 Å². The summed E-state index contributed by atoms with van der Waals surface area (Å²) in [6, 6.07) is 18.3. The molecule has 2 aliphatic rings. The first-order valence-electron chi connectivity index (χ1n) is 11.8. The van der Waals surface area contributed by atoms with E-state index >= 15 is 0 Å². The molecule has 190 valence electrons. The van der Waals surface area contributed by atoms with Crippen LogP contribution in [0.25, 0.3) is 11.8 Å². The number of nitro benzene ring substituents is 1. The average molecular weight is 747 g/mol. The molecule has 38 heavy (non-hydrogen) atoms. The number of hydrogen-bond donors (Lipinski definition) is 0. The molecule has 1 aromatic heterocycles. The van der Waals surface area contributed by atoms with Gasteiger partial charge in [0, 0.05) is 17.7 Å². The van der Waals surface area contributed by atoms with Crippen LogP contribution in [0, 0.1) is 17.3 Å². The highest BCUT2D eigenvalue weighted by atomic mass is 127. The number of allylic oxidation sites excluding steroid dienone is 1. The van der Waals surface area contributed by atoms with Crippen molar-refractivity contribution in [3.05, 3.63) is 125 Å². The fraction of sp³-hybridized carbons (Fsp3) is 0.143. The second-order valence-electron chi connectivity index (χ2n) is 8.98. The number of non-ortho nitro benzene ring substituents is 1. The van der Waals surface area contributed by atoms with Crippen LogP contribution in [0.4, 0.5) is 5.69 Å². The fourth-order valence-corrected chi connectivity index (χ4v) is 8.40. The lowest BCUT2D eigenvalue weighted by atomic mass is 9.83. The van der Waals surface area contributed by atoms with Crippen molar-refractivity contribution in [2.45, 2.75) is 18.9 Å². The molecule has 1 aliphatic carbocycles. The Balaban J connectivity index is 1.61. The first-order chi connectivity index (χ1) is 18.4. The highest BCUT2D eigenvalue weighted by Gasteiger charge is 2.33. The quantitative estimate of drug-likeness (QED) is 0.158. The average Bonchev–Trinajstić information content (AvgIpc) is 3.21. The predicted octanol–water partition coefficient (Wildman–Crippen LogP) is 5.44. The Morgan fingerprint density at radius 3 is 2.61 bits per heavy atom. The molecule has 6 rings (SSSR count). The second-order valence-corrected chi connectivity index (χ2v) is 12.3. The summed E-state index contributed by atoms with van der Waals surface area (Å²) in [5, 5.41) is 11.6. The van der Waals surface area contributed by atoms with E-state index in [1.165, 1.54) is 23.0 Å². The van der Waals surface area contributed by atoms with Crippen molar-refractivity contribution in [3.63, 3.8) is 0 Å². The molecule has 7 nitrogen and oxygen atoms in total. The van der Waals surface area contributed by atoms with E-state index in [9.17, 15) is 14.9 Å². The zero-order chi connectivity index (χ0) is 26.6. The number of rotatable bonds is 4. The van der Waals surface area contributed by atoms with Gasteiger partial charge in [-0.1, -0.05) is 47.7 Å². The zero-order valence-electron chi connectivity index (χ0n) is 20.0. The number of ether oxygens (including phenoxy) is 1. The molecular formula is C28H19I2N3O4S. The van der Waals surface area contributed by atoms with Gasteiger partial charge in [-0.3, -0.25) is 19.5 Å². The van der Waals surface area contributed by atoms with Crippen molar-refractivity contribution in [3.8, 4) is 5.75 Å². The summed E-state index contributed by atoms with van der Waals surface area (Å²) in [6.45, 7) is 0. The van der Waals surface area contributed by atoms with E-state index in [2.05, 4.69) is 57.3 Å². The van der Waals surface area contributed by atoms with Gasteiger partial charge >= 0.3 is 0 Å². The normalized spacial score (nSPS) is 16.4. The Hall–Kier alpha value is -2.84. The molecular weight excluding hydrogens is 728 g/mol. The molecule has 0 bridgehead atoms. The van der Waals surface area contributed by atoms with Crippen LogP contribution in [-0.4, -0.2) is 16.6 Å². The Morgan fingerprint density at radius 2 is 1.87 bits per heavy atom. The molecule has 0 fully saturated rings. The molecule has 0 saturated heterocycles. The number of thiazole rings is 1. The maximum atomic E-state index is 13.9. The van der Waals surface area contributed by atoms with Gasteiger partial charge in [0.15, 0.2) is 4.80 Å². The van der Waals surface area contributed by atoms with E-state index in [-0.39, 0.29) is 11.2 Å². The molecule has 1 aliphatic heterocycles. The molecule has 10 heteroatoms. The van der Waals surface area contributed by atoms with Crippen molar-refractivity contribution < 1.29 is 9.66 Å². The van der Waals surface area contributed by atoms with E-state index in [0.29, 0.717) is 14.9 Å². The minimum Gasteiger partial charge on any atom is -0.495 e. The number of hydrogen-bond acceptors (Lipinski definition) is 6. The summed E-state index contributed by atoms with van der Waals surface area (Å²) >= 11 is 5.80. The number of benzene rings is 3. The van der Waals surface area contributed by atoms with Gasteiger partial charge in [-0.2, -0.15) is 0 Å². The van der Waals surface area contributed by atoms with Gasteiger partial charge in [-0.05, 0) is 98.5 Å². The number of methoxy groups -OCH3 is 1. The molecule has 0 unspecified atom stereocenters. The smallest absolute Gasteiger partial charge is 0.271 e. The lowest BCUT2D eigenvalue weighted by Crippen LogP contribution is -2.38. The number of aromatic nitrogens is 1. The summed E-state index contributed by atoms with van der Waals surface area (Å²) in [7, 11) is 1.64. The third-order valence-corrected chi connectivity index (χ3v) is 9.38. The molecule has 0 N–H and O–H groups in total. The maximum absolute atomic E-state index is 13.9. The second kappa shape index (κ2) is 10.0. The van der Waals surface area contributed by atoms with Crippen LogP contribution in [0.2, 0.25) is 0 Å². The van der Waals surface area contributed by atoms with Crippen LogP contribution in [0.5, 0.6) is 5.75 Å². The molecule has 0 spiro atoms. The Morgan fingerprint density at radius 1 is 1.11 bits per heavy atom. The SMILES string of the molecule is COc1c(I)cc(/C=c2/sc3n(c2=O)[C@@H](c2cccc([N+](=O)[O-])c2)C2=C(N=3)c3ccccc3CC2)cc1I. The molecule has 4 aromatic rings. The highest BCUT2D eigenvalue weighted by molar-refractivity contribution is 14.1. The van der Waals surface area contributed by atoms with Gasteiger partial charge in [0.1, 0.15) is 5.75 Å². The van der Waals surface area contributed by atoms with E-state index in [1.54, 1.807) is 23.8 Å². The van der Waals surface area contributed by atoms with E-state index in [0.717, 1.165) is 48.1 Å². The highest BCUT2D eigenvalue weighted by Crippen LogP contribution is 2.41. The summed E-state index contributed by atoms with van der Waals surface area (Å²) in [5.74, 6) is 0.807. The van der Waals surface area contributed by atoms with Crippen molar-refractivity contribution in [2.24, 2.45) is 4.99 Å².